The van der Waals surface area contributed by atoms with Gasteiger partial charge >= 0.3 is 6.18 Å². The molecular formula is C26H20F8S. The third-order valence-corrected chi connectivity index (χ3v) is 6.23. The first-order chi connectivity index (χ1) is 16.5. The highest BCUT2D eigenvalue weighted by atomic mass is 32.2. The summed E-state index contributed by atoms with van der Waals surface area (Å²) in [6, 6.07) is 11.3. The topological polar surface area (TPSA) is 0 Å². The van der Waals surface area contributed by atoms with Crippen LogP contribution in [0.25, 0.3) is 17.0 Å². The van der Waals surface area contributed by atoms with E-state index in [-0.39, 0.29) is 29.5 Å². The van der Waals surface area contributed by atoms with Crippen LogP contribution >= 0.6 is 11.8 Å². The third-order valence-electron chi connectivity index (χ3n) is 5.18. The van der Waals surface area contributed by atoms with Crippen LogP contribution < -0.4 is 0 Å². The second kappa shape index (κ2) is 11.3. The van der Waals surface area contributed by atoms with Crippen LogP contribution in [0.1, 0.15) is 35.6 Å². The highest BCUT2D eigenvalue weighted by Crippen LogP contribution is 2.35. The molecule has 0 N–H and O–H groups in total. The fourth-order valence-corrected chi connectivity index (χ4v) is 4.06. The van der Waals surface area contributed by atoms with Gasteiger partial charge in [-0.1, -0.05) is 55.1 Å². The summed E-state index contributed by atoms with van der Waals surface area (Å²) in [5.74, 6) is -4.81. The molecule has 186 valence electrons. The van der Waals surface area contributed by atoms with E-state index >= 15 is 0 Å². The van der Waals surface area contributed by atoms with Crippen molar-refractivity contribution in [2.24, 2.45) is 0 Å². The highest BCUT2D eigenvalue weighted by Gasteiger charge is 2.37. The Kier molecular flexibility index (Phi) is 8.64. The predicted molar refractivity (Wildman–Crippen MR) is 122 cm³/mol. The van der Waals surface area contributed by atoms with Gasteiger partial charge in [0.1, 0.15) is 23.0 Å². The number of halogens is 8. The summed E-state index contributed by atoms with van der Waals surface area (Å²) in [4.78, 5) is 0. The molecule has 0 nitrogen and oxygen atoms in total. The Morgan fingerprint density at radius 3 is 1.91 bits per heavy atom. The maximum atomic E-state index is 14.6. The van der Waals surface area contributed by atoms with Gasteiger partial charge in [-0.3, -0.25) is 0 Å². The van der Waals surface area contributed by atoms with Crippen molar-refractivity contribution in [3.05, 3.63) is 99.5 Å². The van der Waals surface area contributed by atoms with E-state index < -0.39 is 40.2 Å². The molecule has 0 atom stereocenters. The van der Waals surface area contributed by atoms with Gasteiger partial charge in [0, 0.05) is 16.9 Å². The van der Waals surface area contributed by atoms with Crippen molar-refractivity contribution in [3.8, 4) is 11.1 Å². The van der Waals surface area contributed by atoms with Crippen molar-refractivity contribution in [1.29, 1.82) is 0 Å². The Morgan fingerprint density at radius 1 is 0.771 bits per heavy atom. The van der Waals surface area contributed by atoms with Gasteiger partial charge in [0.2, 0.25) is 0 Å². The molecule has 0 heterocycles. The Morgan fingerprint density at radius 2 is 1.37 bits per heavy atom. The van der Waals surface area contributed by atoms with Gasteiger partial charge in [-0.2, -0.15) is 17.6 Å². The van der Waals surface area contributed by atoms with Gasteiger partial charge in [-0.05, 0) is 54.2 Å². The Hall–Kier alpha value is -2.81. The first kappa shape index (κ1) is 26.8. The quantitative estimate of drug-likeness (QED) is 0.269. The van der Waals surface area contributed by atoms with E-state index in [1.165, 1.54) is 12.1 Å². The molecule has 0 spiro atoms. The number of benzene rings is 3. The Bertz CT molecular complexity index is 1190. The fraction of sp³-hybridized carbons (Fsp3) is 0.231. The standard InChI is InChI=1S/C26H20F8S/c1-2-11-35-25(31)24(30)18-9-10-19(20(27)14-18)17-7-5-15(6-8-17)3-4-16-12-21(28)23(22(29)13-16)26(32,33)34/h5-10,12-14H,2-4,11H2,1H3/b25-24-. The van der Waals surface area contributed by atoms with Crippen LogP contribution in [0.5, 0.6) is 0 Å². The van der Waals surface area contributed by atoms with E-state index in [0.717, 1.165) is 17.8 Å². The first-order valence-electron chi connectivity index (χ1n) is 10.6. The van der Waals surface area contributed by atoms with Crippen LogP contribution in [-0.2, 0) is 19.0 Å². The minimum atomic E-state index is -5.12. The summed E-state index contributed by atoms with van der Waals surface area (Å²) < 4.78 is 108. The van der Waals surface area contributed by atoms with Gasteiger partial charge in [-0.25, -0.2) is 17.6 Å². The summed E-state index contributed by atoms with van der Waals surface area (Å²) in [6.07, 6.45) is -4.11. The van der Waals surface area contributed by atoms with Crippen LogP contribution in [-0.4, -0.2) is 5.75 Å². The lowest BCUT2D eigenvalue weighted by molar-refractivity contribution is -0.142. The maximum Gasteiger partial charge on any atom is 0.422 e. The van der Waals surface area contributed by atoms with Crippen molar-refractivity contribution in [2.45, 2.75) is 32.4 Å². The van der Waals surface area contributed by atoms with Gasteiger partial charge in [0.25, 0.3) is 0 Å². The molecular weight excluding hydrogens is 496 g/mol. The van der Waals surface area contributed by atoms with E-state index in [4.69, 9.17) is 0 Å². The van der Waals surface area contributed by atoms with Crippen LogP contribution in [0.3, 0.4) is 0 Å². The van der Waals surface area contributed by atoms with Gasteiger partial charge in [0.05, 0.1) is 0 Å². The monoisotopic (exact) mass is 516 g/mol. The molecule has 35 heavy (non-hydrogen) atoms. The number of rotatable bonds is 8. The molecule has 0 radical (unpaired) electrons. The molecule has 0 aliphatic rings. The normalized spacial score (nSPS) is 12.6. The number of alkyl halides is 3. The highest BCUT2D eigenvalue weighted by molar-refractivity contribution is 8.03. The zero-order valence-corrected chi connectivity index (χ0v) is 19.3. The maximum absolute atomic E-state index is 14.6. The molecule has 0 aromatic heterocycles. The molecule has 0 saturated carbocycles. The third kappa shape index (κ3) is 6.66. The van der Waals surface area contributed by atoms with Crippen molar-refractivity contribution >= 4 is 17.6 Å². The average molecular weight is 516 g/mol. The summed E-state index contributed by atoms with van der Waals surface area (Å²) in [5, 5.41) is -1.00. The second-order valence-electron chi connectivity index (χ2n) is 7.76. The van der Waals surface area contributed by atoms with E-state index in [0.29, 0.717) is 35.4 Å². The predicted octanol–water partition coefficient (Wildman–Crippen LogP) is 9.28. The molecule has 3 rings (SSSR count). The zero-order valence-electron chi connectivity index (χ0n) is 18.5. The molecule has 0 aliphatic carbocycles. The van der Waals surface area contributed by atoms with Crippen molar-refractivity contribution in [3.63, 3.8) is 0 Å². The number of thioether (sulfide) groups is 1. The average Bonchev–Trinajstić information content (AvgIpc) is 2.79. The van der Waals surface area contributed by atoms with Crippen LogP contribution in [0.15, 0.2) is 59.8 Å². The zero-order chi connectivity index (χ0) is 25.8. The number of hydrogen-bond acceptors (Lipinski definition) is 1. The molecule has 0 bridgehead atoms. The van der Waals surface area contributed by atoms with E-state index in [9.17, 15) is 35.1 Å². The summed E-state index contributed by atoms with van der Waals surface area (Å²) in [6.45, 7) is 1.83. The van der Waals surface area contributed by atoms with E-state index in [2.05, 4.69) is 0 Å². The largest absolute Gasteiger partial charge is 0.422 e. The van der Waals surface area contributed by atoms with Gasteiger partial charge in [0.15, 0.2) is 11.0 Å². The molecule has 3 aromatic rings. The SMILES string of the molecule is CCCS/C(F)=C(\F)c1ccc(-c2ccc(CCc3cc(F)c(C(F)(F)F)c(F)c3)cc2)c(F)c1. The second-order valence-corrected chi connectivity index (χ2v) is 8.82. The van der Waals surface area contributed by atoms with E-state index in [1.807, 2.05) is 6.92 Å². The van der Waals surface area contributed by atoms with Gasteiger partial charge < -0.3 is 0 Å². The van der Waals surface area contributed by atoms with E-state index in [1.54, 1.807) is 24.3 Å². The minimum absolute atomic E-state index is 0.0677. The van der Waals surface area contributed by atoms with Crippen molar-refractivity contribution in [1.82, 2.24) is 0 Å². The minimum Gasteiger partial charge on any atom is -0.206 e. The first-order valence-corrected chi connectivity index (χ1v) is 11.6. The molecule has 0 saturated heterocycles. The van der Waals surface area contributed by atoms with Gasteiger partial charge in [-0.15, -0.1) is 0 Å². The summed E-state index contributed by atoms with van der Waals surface area (Å²) in [5.41, 5.74) is -0.721. The molecule has 9 heteroatoms. The number of aryl methyl sites for hydroxylation is 2. The van der Waals surface area contributed by atoms with Crippen molar-refractivity contribution < 1.29 is 35.1 Å². The van der Waals surface area contributed by atoms with Crippen LogP contribution in [0, 0.1) is 17.5 Å². The lowest BCUT2D eigenvalue weighted by Gasteiger charge is -2.11. The Labute approximate surface area is 201 Å². The number of hydrogen-bond donors (Lipinski definition) is 0. The molecule has 0 amide bonds. The molecule has 0 fully saturated rings. The van der Waals surface area contributed by atoms with Crippen LogP contribution in [0.2, 0.25) is 0 Å². The summed E-state index contributed by atoms with van der Waals surface area (Å²) >= 11 is 0.717. The van der Waals surface area contributed by atoms with Crippen molar-refractivity contribution in [2.75, 3.05) is 5.75 Å². The molecule has 0 aliphatic heterocycles. The lowest BCUT2D eigenvalue weighted by Crippen LogP contribution is -2.12. The van der Waals surface area contributed by atoms with Crippen LogP contribution in [0.4, 0.5) is 35.1 Å². The summed E-state index contributed by atoms with van der Waals surface area (Å²) in [7, 11) is 0. The molecule has 3 aromatic carbocycles. The lowest BCUT2D eigenvalue weighted by atomic mass is 9.98. The Balaban J connectivity index is 1.72. The fourth-order valence-electron chi connectivity index (χ4n) is 3.43. The molecule has 0 unspecified atom stereocenters. The smallest absolute Gasteiger partial charge is 0.206 e.